The fourth-order valence-corrected chi connectivity index (χ4v) is 8.89. The van der Waals surface area contributed by atoms with Crippen LogP contribution in [0.25, 0.3) is 21.8 Å². The van der Waals surface area contributed by atoms with Crippen molar-refractivity contribution in [1.29, 1.82) is 0 Å². The van der Waals surface area contributed by atoms with Crippen molar-refractivity contribution in [3.05, 3.63) is 97.4 Å². The lowest BCUT2D eigenvalue weighted by Gasteiger charge is -2.50. The van der Waals surface area contributed by atoms with Gasteiger partial charge in [0.2, 0.25) is 0 Å². The third-order valence-electron chi connectivity index (χ3n) is 11.6. The highest BCUT2D eigenvalue weighted by Gasteiger charge is 2.43. The number of hydrogen-bond acceptors (Lipinski definition) is 10. The maximum atomic E-state index is 11.2. The van der Waals surface area contributed by atoms with E-state index >= 15 is 0 Å². The van der Waals surface area contributed by atoms with Crippen molar-refractivity contribution in [3.8, 4) is 11.5 Å². The van der Waals surface area contributed by atoms with Gasteiger partial charge in [-0.25, -0.2) is 0 Å². The largest absolute Gasteiger partial charge is 0.497 e. The van der Waals surface area contributed by atoms with Crippen LogP contribution >= 0.6 is 0 Å². The Morgan fingerprint density at radius 3 is 1.37 bits per heavy atom. The van der Waals surface area contributed by atoms with Crippen LogP contribution < -0.4 is 9.47 Å². The molecule has 6 aliphatic rings. The molecule has 10 unspecified atom stereocenters. The molecule has 6 saturated heterocycles. The standard InChI is InChI=1S/2C20H24N2O2.H2O4S.4H2O/c2*1-3-13-12-22-9-7-14(13)10-19(22)20(23)16-6-8-21-18-5-4-15(24-2)11-17(16)18;1-5(2,3)4;;;;/h2*3-6,8,11,13-14,19-20,23H,1,7,9-10,12H2,2H3;(H2,1,2,3,4);4*1H2. The van der Waals surface area contributed by atoms with Crippen molar-refractivity contribution in [2.45, 2.75) is 50.0 Å². The molecular formula is C40H58N4O12S. The first-order valence-corrected chi connectivity index (χ1v) is 19.5. The Morgan fingerprint density at radius 1 is 0.702 bits per heavy atom. The maximum Gasteiger partial charge on any atom is 0.394 e. The predicted molar refractivity (Wildman–Crippen MR) is 219 cm³/mol. The second-order valence-corrected chi connectivity index (χ2v) is 15.3. The van der Waals surface area contributed by atoms with Crippen LogP contribution in [-0.2, 0) is 10.4 Å². The molecule has 0 saturated carbocycles. The van der Waals surface area contributed by atoms with Gasteiger partial charge in [-0.05, 0) is 122 Å². The quantitative estimate of drug-likeness (QED) is 0.147. The molecule has 2 aromatic heterocycles. The van der Waals surface area contributed by atoms with E-state index in [1.165, 1.54) is 12.8 Å². The highest BCUT2D eigenvalue weighted by atomic mass is 32.3. The Hall–Kier alpha value is -4.11. The maximum absolute atomic E-state index is 11.2. The summed E-state index contributed by atoms with van der Waals surface area (Å²) in [5.74, 6) is 4.01. The summed E-state index contributed by atoms with van der Waals surface area (Å²) in [5, 5.41) is 24.3. The van der Waals surface area contributed by atoms with E-state index in [4.69, 9.17) is 27.0 Å². The number of benzene rings is 2. The van der Waals surface area contributed by atoms with Crippen molar-refractivity contribution in [1.82, 2.24) is 19.8 Å². The smallest absolute Gasteiger partial charge is 0.394 e. The summed E-state index contributed by atoms with van der Waals surface area (Å²) in [7, 11) is -1.34. The topological polar surface area (TPSA) is 292 Å². The second-order valence-electron chi connectivity index (χ2n) is 14.4. The van der Waals surface area contributed by atoms with E-state index in [1.54, 1.807) is 26.6 Å². The summed E-state index contributed by atoms with van der Waals surface area (Å²) in [4.78, 5) is 13.7. The molecule has 2 aromatic carbocycles. The SMILES string of the molecule is C=CC1CN2CCC1CC2C(O)c1ccnc2ccc(OC)cc12.C=CC1CN2CCC1CC2C(O)c1ccnc2ccc(OC)cc12.O.O.O.O.O=S(=O)(O)O. The van der Waals surface area contributed by atoms with Gasteiger partial charge < -0.3 is 41.6 Å². The van der Waals surface area contributed by atoms with Crippen molar-refractivity contribution < 1.29 is 59.1 Å². The number of aromatic nitrogens is 2. The second kappa shape index (κ2) is 21.1. The molecule has 12 N–H and O–H groups in total. The van der Waals surface area contributed by atoms with Gasteiger partial charge in [-0.3, -0.25) is 28.9 Å². The first-order chi connectivity index (χ1) is 25.4. The minimum absolute atomic E-state index is 0. The lowest BCUT2D eigenvalue weighted by molar-refractivity contribution is -0.0445. The Bertz CT molecular complexity index is 1900. The van der Waals surface area contributed by atoms with Gasteiger partial charge >= 0.3 is 10.4 Å². The average Bonchev–Trinajstić information content (AvgIpc) is 3.19. The molecule has 57 heavy (non-hydrogen) atoms. The minimum Gasteiger partial charge on any atom is -0.497 e. The zero-order valence-electron chi connectivity index (χ0n) is 32.2. The first kappa shape index (κ1) is 49.0. The summed E-state index contributed by atoms with van der Waals surface area (Å²) in [6, 6.07) is 15.9. The molecule has 17 heteroatoms. The molecule has 10 rings (SSSR count). The number of hydrogen-bond donors (Lipinski definition) is 4. The molecule has 6 aliphatic heterocycles. The van der Waals surface area contributed by atoms with E-state index in [0.29, 0.717) is 23.7 Å². The van der Waals surface area contributed by atoms with Gasteiger partial charge in [0.15, 0.2) is 0 Å². The third kappa shape index (κ3) is 11.1. The molecule has 0 radical (unpaired) electrons. The molecule has 0 amide bonds. The van der Waals surface area contributed by atoms with Crippen molar-refractivity contribution in [2.75, 3.05) is 40.4 Å². The molecule has 0 spiro atoms. The van der Waals surface area contributed by atoms with Crippen LogP contribution in [0.15, 0.2) is 86.2 Å². The summed E-state index contributed by atoms with van der Waals surface area (Å²) in [6.07, 6.45) is 11.2. The number of ether oxygens (including phenoxy) is 2. The molecule has 0 aliphatic carbocycles. The predicted octanol–water partition coefficient (Wildman–Crippen LogP) is 2.39. The monoisotopic (exact) mass is 818 g/mol. The summed E-state index contributed by atoms with van der Waals surface area (Å²) in [5.41, 5.74) is 3.69. The van der Waals surface area contributed by atoms with Gasteiger partial charge in [0.1, 0.15) is 11.5 Å². The van der Waals surface area contributed by atoms with Crippen LogP contribution in [0.3, 0.4) is 0 Å². The van der Waals surface area contributed by atoms with Crippen molar-refractivity contribution >= 4 is 32.2 Å². The normalized spacial score (nSPS) is 26.5. The molecule has 4 bridgehead atoms. The number of pyridine rings is 2. The molecule has 8 heterocycles. The molecule has 16 nitrogen and oxygen atoms in total. The van der Waals surface area contributed by atoms with E-state index in [-0.39, 0.29) is 34.0 Å². The highest BCUT2D eigenvalue weighted by molar-refractivity contribution is 7.79. The molecule has 316 valence electrons. The van der Waals surface area contributed by atoms with Crippen molar-refractivity contribution in [2.24, 2.45) is 23.7 Å². The number of methoxy groups -OCH3 is 2. The van der Waals surface area contributed by atoms with Crippen LogP contribution in [0.4, 0.5) is 0 Å². The number of piperidine rings is 6. The van der Waals surface area contributed by atoms with E-state index in [2.05, 4.69) is 45.1 Å². The molecular weight excluding hydrogens is 761 g/mol. The van der Waals surface area contributed by atoms with Crippen LogP contribution in [0.2, 0.25) is 0 Å². The lowest BCUT2D eigenvalue weighted by atomic mass is 9.73. The van der Waals surface area contributed by atoms with Gasteiger partial charge in [-0.1, -0.05) is 12.2 Å². The van der Waals surface area contributed by atoms with Crippen LogP contribution in [0.5, 0.6) is 11.5 Å². The van der Waals surface area contributed by atoms with Crippen molar-refractivity contribution in [3.63, 3.8) is 0 Å². The lowest BCUT2D eigenvalue weighted by Crippen LogP contribution is -2.54. The van der Waals surface area contributed by atoms with Gasteiger partial charge in [-0.2, -0.15) is 8.42 Å². The zero-order valence-corrected chi connectivity index (χ0v) is 33.1. The third-order valence-corrected chi connectivity index (χ3v) is 11.6. The van der Waals surface area contributed by atoms with Gasteiger partial charge in [0.05, 0.1) is 37.5 Å². The number of aliphatic hydroxyl groups is 2. The Labute approximate surface area is 333 Å². The molecule has 10 atom stereocenters. The summed E-state index contributed by atoms with van der Waals surface area (Å²) >= 11 is 0. The summed E-state index contributed by atoms with van der Waals surface area (Å²) < 4.78 is 42.3. The van der Waals surface area contributed by atoms with E-state index in [9.17, 15) is 10.2 Å². The summed E-state index contributed by atoms with van der Waals surface area (Å²) in [6.45, 7) is 12.1. The minimum atomic E-state index is -4.67. The van der Waals surface area contributed by atoms with Crippen LogP contribution in [0, 0.1) is 23.7 Å². The highest BCUT2D eigenvalue weighted by Crippen LogP contribution is 2.43. The van der Waals surface area contributed by atoms with E-state index in [1.807, 2.05) is 48.5 Å². The first-order valence-electron chi connectivity index (χ1n) is 18.1. The Morgan fingerprint density at radius 2 is 1.07 bits per heavy atom. The Kier molecular flexibility index (Phi) is 18.1. The van der Waals surface area contributed by atoms with Crippen LogP contribution in [0.1, 0.15) is 49.0 Å². The molecule has 4 aromatic rings. The number of aliphatic hydroxyl groups excluding tert-OH is 2. The molecule has 6 fully saturated rings. The van der Waals surface area contributed by atoms with Gasteiger partial charge in [-0.15, -0.1) is 13.2 Å². The number of rotatable bonds is 8. The zero-order chi connectivity index (χ0) is 37.9. The fourth-order valence-electron chi connectivity index (χ4n) is 8.89. The van der Waals surface area contributed by atoms with Gasteiger partial charge in [0, 0.05) is 48.3 Å². The average molecular weight is 819 g/mol. The van der Waals surface area contributed by atoms with E-state index < -0.39 is 22.6 Å². The fraction of sp³-hybridized carbons (Fsp3) is 0.450. The number of nitrogens with zero attached hydrogens (tertiary/aromatic N) is 4. The number of fused-ring (bicyclic) bond motifs is 8. The van der Waals surface area contributed by atoms with E-state index in [0.717, 1.165) is 83.5 Å². The Balaban J connectivity index is 0.000000331. The van der Waals surface area contributed by atoms with Gasteiger partial charge in [0.25, 0.3) is 0 Å². The van der Waals surface area contributed by atoms with Crippen LogP contribution in [-0.4, -0.2) is 122 Å².